The molecule has 1 aromatic rings. The lowest BCUT2D eigenvalue weighted by atomic mass is 10.2. The molecule has 1 heterocycles. The second-order valence-electron chi connectivity index (χ2n) is 3.87. The minimum absolute atomic E-state index is 1.14. The fraction of sp³-hybridized carbons (Fsp3) is 0.750. The van der Waals surface area contributed by atoms with E-state index in [-0.39, 0.29) is 0 Å². The van der Waals surface area contributed by atoms with Crippen LogP contribution in [0.1, 0.15) is 38.1 Å². The van der Waals surface area contributed by atoms with E-state index in [0.29, 0.717) is 0 Å². The van der Waals surface area contributed by atoms with Crippen molar-refractivity contribution < 1.29 is 0 Å². The minimum Gasteiger partial charge on any atom is -0.303 e. The zero-order valence-electron chi connectivity index (χ0n) is 9.91. The first kappa shape index (κ1) is 12.7. The lowest BCUT2D eigenvalue weighted by Crippen LogP contribution is -2.26. The van der Waals surface area contributed by atoms with Crippen molar-refractivity contribution in [2.24, 2.45) is 0 Å². The summed E-state index contributed by atoms with van der Waals surface area (Å²) in [7, 11) is 0. The molecule has 0 atom stereocenters. The number of hydrogen-bond donors (Lipinski definition) is 0. The van der Waals surface area contributed by atoms with Gasteiger partial charge in [-0.3, -0.25) is 0 Å². The van der Waals surface area contributed by atoms with Crippen molar-refractivity contribution in [1.29, 1.82) is 0 Å². The topological polar surface area (TPSA) is 16.1 Å². The van der Waals surface area contributed by atoms with Gasteiger partial charge in [0.2, 0.25) is 0 Å². The SMILES string of the molecule is CCCN(CCC)CCCc1nccs1. The molecule has 1 rings (SSSR count). The van der Waals surface area contributed by atoms with Gasteiger partial charge in [0.05, 0.1) is 5.01 Å². The molecule has 3 heteroatoms. The van der Waals surface area contributed by atoms with Crippen molar-refractivity contribution in [3.05, 3.63) is 16.6 Å². The largest absolute Gasteiger partial charge is 0.303 e. The Kier molecular flexibility index (Phi) is 6.60. The summed E-state index contributed by atoms with van der Waals surface area (Å²) < 4.78 is 0. The molecule has 0 aliphatic heterocycles. The van der Waals surface area contributed by atoms with Gasteiger partial charge in [-0.25, -0.2) is 4.98 Å². The van der Waals surface area contributed by atoms with E-state index in [9.17, 15) is 0 Å². The van der Waals surface area contributed by atoms with Gasteiger partial charge in [0.15, 0.2) is 0 Å². The molecule has 1 aromatic heterocycles. The van der Waals surface area contributed by atoms with Crippen LogP contribution in [0.15, 0.2) is 11.6 Å². The zero-order valence-corrected chi connectivity index (χ0v) is 10.7. The molecule has 15 heavy (non-hydrogen) atoms. The summed E-state index contributed by atoms with van der Waals surface area (Å²) in [5.41, 5.74) is 0. The lowest BCUT2D eigenvalue weighted by molar-refractivity contribution is 0.271. The lowest BCUT2D eigenvalue weighted by Gasteiger charge is -2.20. The quantitative estimate of drug-likeness (QED) is 0.676. The third kappa shape index (κ3) is 5.28. The number of aromatic nitrogens is 1. The highest BCUT2D eigenvalue weighted by Crippen LogP contribution is 2.07. The van der Waals surface area contributed by atoms with Crippen molar-refractivity contribution >= 4 is 11.3 Å². The van der Waals surface area contributed by atoms with Gasteiger partial charge < -0.3 is 4.90 Å². The summed E-state index contributed by atoms with van der Waals surface area (Å²) in [6.07, 6.45) is 6.81. The summed E-state index contributed by atoms with van der Waals surface area (Å²) in [5.74, 6) is 0. The monoisotopic (exact) mass is 226 g/mol. The van der Waals surface area contributed by atoms with Crippen LogP contribution in [0.25, 0.3) is 0 Å². The van der Waals surface area contributed by atoms with E-state index in [1.807, 2.05) is 6.20 Å². The Morgan fingerprint density at radius 3 is 2.47 bits per heavy atom. The minimum atomic E-state index is 1.14. The van der Waals surface area contributed by atoms with Crippen LogP contribution in [-0.4, -0.2) is 29.5 Å². The average molecular weight is 226 g/mol. The molecule has 0 bridgehead atoms. The van der Waals surface area contributed by atoms with Gasteiger partial charge in [-0.15, -0.1) is 11.3 Å². The highest BCUT2D eigenvalue weighted by molar-refractivity contribution is 7.09. The van der Waals surface area contributed by atoms with Gasteiger partial charge in [0, 0.05) is 18.0 Å². The molecule has 2 nitrogen and oxygen atoms in total. The van der Waals surface area contributed by atoms with Crippen LogP contribution in [0.5, 0.6) is 0 Å². The van der Waals surface area contributed by atoms with E-state index < -0.39 is 0 Å². The van der Waals surface area contributed by atoms with Crippen LogP contribution < -0.4 is 0 Å². The van der Waals surface area contributed by atoms with Crippen molar-refractivity contribution in [1.82, 2.24) is 9.88 Å². The summed E-state index contributed by atoms with van der Waals surface area (Å²) in [5, 5.41) is 3.34. The predicted octanol–water partition coefficient (Wildman–Crippen LogP) is 3.20. The maximum atomic E-state index is 4.31. The Morgan fingerprint density at radius 2 is 1.93 bits per heavy atom. The standard InChI is InChI=1S/C12H22N2S/c1-3-8-14(9-4-2)10-5-6-12-13-7-11-15-12/h7,11H,3-6,8-10H2,1-2H3. The molecule has 0 aliphatic carbocycles. The summed E-state index contributed by atoms with van der Waals surface area (Å²) >= 11 is 1.77. The van der Waals surface area contributed by atoms with Crippen LogP contribution in [-0.2, 0) is 6.42 Å². The van der Waals surface area contributed by atoms with Crippen molar-refractivity contribution in [3.8, 4) is 0 Å². The van der Waals surface area contributed by atoms with Gasteiger partial charge in [-0.05, 0) is 38.9 Å². The Bertz CT molecular complexity index is 228. The maximum Gasteiger partial charge on any atom is 0.0925 e. The summed E-state index contributed by atoms with van der Waals surface area (Å²) in [4.78, 5) is 6.87. The van der Waals surface area contributed by atoms with Crippen LogP contribution in [0.2, 0.25) is 0 Å². The van der Waals surface area contributed by atoms with Crippen molar-refractivity contribution in [2.75, 3.05) is 19.6 Å². The molecule has 0 aromatic carbocycles. The Morgan fingerprint density at radius 1 is 1.20 bits per heavy atom. The van der Waals surface area contributed by atoms with E-state index in [2.05, 4.69) is 29.1 Å². The number of hydrogen-bond acceptors (Lipinski definition) is 3. The normalized spacial score (nSPS) is 11.1. The molecule has 0 amide bonds. The number of nitrogens with zero attached hydrogens (tertiary/aromatic N) is 2. The molecule has 0 N–H and O–H groups in total. The third-order valence-electron chi connectivity index (χ3n) is 2.43. The smallest absolute Gasteiger partial charge is 0.0925 e. The van der Waals surface area contributed by atoms with Crippen LogP contribution in [0.4, 0.5) is 0 Å². The molecule has 0 aliphatic rings. The zero-order chi connectivity index (χ0) is 10.9. The molecule has 0 unspecified atom stereocenters. The first-order valence-electron chi connectivity index (χ1n) is 5.97. The van der Waals surface area contributed by atoms with E-state index in [1.54, 1.807) is 11.3 Å². The third-order valence-corrected chi connectivity index (χ3v) is 3.27. The van der Waals surface area contributed by atoms with Gasteiger partial charge in [0.25, 0.3) is 0 Å². The highest BCUT2D eigenvalue weighted by Gasteiger charge is 2.02. The van der Waals surface area contributed by atoms with Gasteiger partial charge in [-0.2, -0.15) is 0 Å². The fourth-order valence-electron chi connectivity index (χ4n) is 1.80. The maximum absolute atomic E-state index is 4.31. The molecular formula is C12H22N2S. The van der Waals surface area contributed by atoms with E-state index in [0.717, 1.165) is 6.42 Å². The number of aryl methyl sites for hydroxylation is 1. The van der Waals surface area contributed by atoms with Gasteiger partial charge in [0.1, 0.15) is 0 Å². The van der Waals surface area contributed by atoms with Gasteiger partial charge in [-0.1, -0.05) is 13.8 Å². The molecular weight excluding hydrogens is 204 g/mol. The molecule has 0 saturated carbocycles. The Labute approximate surface area is 97.3 Å². The fourth-order valence-corrected chi connectivity index (χ4v) is 2.46. The molecule has 86 valence electrons. The van der Waals surface area contributed by atoms with E-state index in [1.165, 1.54) is 43.9 Å². The van der Waals surface area contributed by atoms with Crippen LogP contribution in [0.3, 0.4) is 0 Å². The highest BCUT2D eigenvalue weighted by atomic mass is 32.1. The predicted molar refractivity (Wildman–Crippen MR) is 67.5 cm³/mol. The van der Waals surface area contributed by atoms with E-state index >= 15 is 0 Å². The first-order chi connectivity index (χ1) is 7.36. The molecule has 0 spiro atoms. The Balaban J connectivity index is 2.15. The summed E-state index contributed by atoms with van der Waals surface area (Å²) in [6, 6.07) is 0. The molecule has 0 radical (unpaired) electrons. The Hall–Kier alpha value is -0.410. The first-order valence-corrected chi connectivity index (χ1v) is 6.85. The van der Waals surface area contributed by atoms with Gasteiger partial charge >= 0.3 is 0 Å². The summed E-state index contributed by atoms with van der Waals surface area (Å²) in [6.45, 7) is 8.21. The van der Waals surface area contributed by atoms with E-state index in [4.69, 9.17) is 0 Å². The second kappa shape index (κ2) is 7.83. The van der Waals surface area contributed by atoms with Crippen molar-refractivity contribution in [2.45, 2.75) is 39.5 Å². The number of thiazole rings is 1. The average Bonchev–Trinajstić information content (AvgIpc) is 2.71. The van der Waals surface area contributed by atoms with Crippen molar-refractivity contribution in [3.63, 3.8) is 0 Å². The second-order valence-corrected chi connectivity index (χ2v) is 4.85. The van der Waals surface area contributed by atoms with Crippen LogP contribution >= 0.6 is 11.3 Å². The molecule has 0 fully saturated rings. The molecule has 0 saturated heterocycles. The van der Waals surface area contributed by atoms with Crippen LogP contribution in [0, 0.1) is 0 Å². The number of rotatable bonds is 8.